The second kappa shape index (κ2) is 5.17. The van der Waals surface area contributed by atoms with Crippen LogP contribution in [0.2, 0.25) is 19.6 Å². The number of esters is 1. The molecule has 2 nitrogen and oxygen atoms in total. The van der Waals surface area contributed by atoms with Crippen LogP contribution in [0, 0.1) is 5.92 Å². The van der Waals surface area contributed by atoms with Crippen LogP contribution < -0.4 is 0 Å². The average molecular weight is 240 g/mol. The summed E-state index contributed by atoms with van der Waals surface area (Å²) in [5.41, 5.74) is 1.40. The molecule has 0 bridgehead atoms. The molecular weight excluding hydrogens is 216 g/mol. The predicted octanol–water partition coefficient (Wildman–Crippen LogP) is 3.54. The molecule has 0 radical (unpaired) electrons. The Bertz CT molecular complexity index is 300. The van der Waals surface area contributed by atoms with E-state index < -0.39 is 8.07 Å². The predicted molar refractivity (Wildman–Crippen MR) is 70.0 cm³/mol. The van der Waals surface area contributed by atoms with Crippen molar-refractivity contribution >= 4 is 14.0 Å². The lowest BCUT2D eigenvalue weighted by molar-refractivity contribution is -0.141. The van der Waals surface area contributed by atoms with Crippen LogP contribution in [0.4, 0.5) is 0 Å². The number of ether oxygens (including phenoxy) is 1. The van der Waals surface area contributed by atoms with Crippen LogP contribution in [-0.2, 0) is 9.53 Å². The first kappa shape index (κ1) is 13.5. The summed E-state index contributed by atoms with van der Waals surface area (Å²) in [7, 11) is 0.182. The molecule has 0 fully saturated rings. The van der Waals surface area contributed by atoms with Gasteiger partial charge in [-0.2, -0.15) is 0 Å². The topological polar surface area (TPSA) is 26.3 Å². The molecule has 16 heavy (non-hydrogen) atoms. The number of carbonyl (C=O) groups excluding carboxylic acids is 1. The maximum absolute atomic E-state index is 11.6. The Morgan fingerprint density at radius 3 is 2.38 bits per heavy atom. The molecule has 0 spiro atoms. The van der Waals surface area contributed by atoms with Crippen molar-refractivity contribution in [1.82, 2.24) is 0 Å². The van der Waals surface area contributed by atoms with E-state index in [0.29, 0.717) is 0 Å². The Hall–Kier alpha value is -0.573. The van der Waals surface area contributed by atoms with Crippen molar-refractivity contribution in [3.63, 3.8) is 0 Å². The summed E-state index contributed by atoms with van der Waals surface area (Å²) in [4.78, 5) is 11.6. The van der Waals surface area contributed by atoms with E-state index in [4.69, 9.17) is 4.74 Å². The normalized spacial score (nSPS) is 19.9. The van der Waals surface area contributed by atoms with E-state index in [-0.39, 0.29) is 11.9 Å². The van der Waals surface area contributed by atoms with Gasteiger partial charge in [0.2, 0.25) is 0 Å². The van der Waals surface area contributed by atoms with Gasteiger partial charge in [-0.05, 0) is 12.8 Å². The zero-order chi connectivity index (χ0) is 12.3. The van der Waals surface area contributed by atoms with E-state index in [2.05, 4.69) is 26.6 Å². The van der Waals surface area contributed by atoms with Gasteiger partial charge in [0, 0.05) is 0 Å². The number of methoxy groups -OCH3 is 1. The van der Waals surface area contributed by atoms with Gasteiger partial charge in [-0.25, -0.2) is 0 Å². The molecule has 3 heteroatoms. The maximum atomic E-state index is 11.6. The van der Waals surface area contributed by atoms with Crippen molar-refractivity contribution in [1.29, 1.82) is 0 Å². The molecule has 0 saturated carbocycles. The highest BCUT2D eigenvalue weighted by atomic mass is 28.3. The monoisotopic (exact) mass is 240 g/mol. The number of carbonyl (C=O) groups is 1. The van der Waals surface area contributed by atoms with Gasteiger partial charge in [0.15, 0.2) is 0 Å². The van der Waals surface area contributed by atoms with Crippen molar-refractivity contribution in [3.05, 3.63) is 10.8 Å². The van der Waals surface area contributed by atoms with Crippen molar-refractivity contribution in [3.8, 4) is 0 Å². The van der Waals surface area contributed by atoms with Gasteiger partial charge in [-0.3, -0.25) is 4.79 Å². The summed E-state index contributed by atoms with van der Waals surface area (Å²) < 4.78 is 4.88. The van der Waals surface area contributed by atoms with E-state index in [1.54, 1.807) is 0 Å². The fraction of sp³-hybridized carbons (Fsp3) is 0.769. The standard InChI is InChI=1S/C13H24O2Si/c1-6-7-8-9-10-11(13(14)15-2)12(10)16(3,4)5/h11H,6-9H2,1-5H3. The molecule has 0 aliphatic heterocycles. The number of rotatable bonds is 6. The summed E-state index contributed by atoms with van der Waals surface area (Å²) in [6, 6.07) is 0. The number of hydrogen-bond donors (Lipinski definition) is 0. The van der Waals surface area contributed by atoms with Crippen LogP contribution in [0.5, 0.6) is 0 Å². The van der Waals surface area contributed by atoms with Crippen LogP contribution in [0.25, 0.3) is 0 Å². The second-order valence-corrected chi connectivity index (χ2v) is 10.6. The quantitative estimate of drug-likeness (QED) is 0.403. The second-order valence-electron chi connectivity index (χ2n) is 5.60. The Morgan fingerprint density at radius 2 is 1.94 bits per heavy atom. The van der Waals surface area contributed by atoms with Gasteiger partial charge in [0.05, 0.1) is 21.1 Å². The lowest BCUT2D eigenvalue weighted by atomic mass is 10.1. The summed E-state index contributed by atoms with van der Waals surface area (Å²) in [5.74, 6) is 0.0254. The highest BCUT2D eigenvalue weighted by Gasteiger charge is 2.48. The molecule has 0 aromatic heterocycles. The Kier molecular flexibility index (Phi) is 4.36. The first-order chi connectivity index (χ1) is 7.43. The zero-order valence-electron chi connectivity index (χ0n) is 11.2. The number of unbranched alkanes of at least 4 members (excludes halogenated alkanes) is 2. The van der Waals surface area contributed by atoms with E-state index >= 15 is 0 Å². The van der Waals surface area contributed by atoms with E-state index in [1.165, 1.54) is 37.1 Å². The van der Waals surface area contributed by atoms with Crippen LogP contribution in [-0.4, -0.2) is 21.2 Å². The molecule has 0 amide bonds. The maximum Gasteiger partial charge on any atom is 0.316 e. The van der Waals surface area contributed by atoms with Crippen molar-refractivity contribution in [2.75, 3.05) is 7.11 Å². The molecule has 0 aromatic carbocycles. The lowest BCUT2D eigenvalue weighted by Gasteiger charge is -2.12. The van der Waals surface area contributed by atoms with Crippen LogP contribution in [0.3, 0.4) is 0 Å². The molecule has 0 N–H and O–H groups in total. The summed E-state index contributed by atoms with van der Waals surface area (Å²) in [6.45, 7) is 9.14. The molecule has 1 aliphatic rings. The average Bonchev–Trinajstić information content (AvgIpc) is 2.91. The SMILES string of the molecule is CCCCCC1=C([Si](C)(C)C)C1C(=O)OC. The third-order valence-corrected chi connectivity index (χ3v) is 5.42. The minimum atomic E-state index is -1.31. The van der Waals surface area contributed by atoms with E-state index in [1.807, 2.05) is 0 Å². The van der Waals surface area contributed by atoms with Gasteiger partial charge < -0.3 is 4.74 Å². The molecule has 1 unspecified atom stereocenters. The Morgan fingerprint density at radius 1 is 1.31 bits per heavy atom. The summed E-state index contributed by atoms with van der Waals surface area (Å²) in [5, 5.41) is 1.45. The van der Waals surface area contributed by atoms with Gasteiger partial charge in [0.25, 0.3) is 0 Å². The molecular formula is C13H24O2Si. The smallest absolute Gasteiger partial charge is 0.316 e. The summed E-state index contributed by atoms with van der Waals surface area (Å²) >= 11 is 0. The molecule has 0 aromatic rings. The largest absolute Gasteiger partial charge is 0.468 e. The molecule has 1 rings (SSSR count). The van der Waals surface area contributed by atoms with Crippen molar-refractivity contribution in [2.45, 2.75) is 52.2 Å². The molecule has 1 atom stereocenters. The molecule has 1 aliphatic carbocycles. The first-order valence-corrected chi connectivity index (χ1v) is 9.74. The molecule has 92 valence electrons. The highest BCUT2D eigenvalue weighted by molar-refractivity contribution is 6.84. The highest BCUT2D eigenvalue weighted by Crippen LogP contribution is 2.48. The van der Waals surface area contributed by atoms with Crippen LogP contribution >= 0.6 is 0 Å². The fourth-order valence-corrected chi connectivity index (χ4v) is 4.72. The van der Waals surface area contributed by atoms with Crippen LogP contribution in [0.15, 0.2) is 10.8 Å². The van der Waals surface area contributed by atoms with Crippen molar-refractivity contribution < 1.29 is 9.53 Å². The van der Waals surface area contributed by atoms with Gasteiger partial charge >= 0.3 is 5.97 Å². The van der Waals surface area contributed by atoms with Crippen LogP contribution in [0.1, 0.15) is 32.6 Å². The molecule has 0 heterocycles. The molecule has 0 saturated heterocycles. The third-order valence-electron chi connectivity index (χ3n) is 3.19. The Balaban J connectivity index is 2.62. The number of hydrogen-bond acceptors (Lipinski definition) is 2. The minimum absolute atomic E-state index is 0.0380. The summed E-state index contributed by atoms with van der Waals surface area (Å²) in [6.07, 6.45) is 4.81. The van der Waals surface area contributed by atoms with E-state index in [0.717, 1.165) is 6.42 Å². The first-order valence-electron chi connectivity index (χ1n) is 6.24. The Labute approximate surface area is 100 Å². The minimum Gasteiger partial charge on any atom is -0.468 e. The zero-order valence-corrected chi connectivity index (χ0v) is 12.2. The van der Waals surface area contributed by atoms with Gasteiger partial charge in [-0.1, -0.05) is 50.2 Å². The van der Waals surface area contributed by atoms with E-state index in [9.17, 15) is 4.79 Å². The van der Waals surface area contributed by atoms with Gasteiger partial charge in [0.1, 0.15) is 0 Å². The fourth-order valence-electron chi connectivity index (χ4n) is 2.40. The van der Waals surface area contributed by atoms with Crippen molar-refractivity contribution in [2.24, 2.45) is 5.92 Å². The lowest BCUT2D eigenvalue weighted by Crippen LogP contribution is -2.22. The third kappa shape index (κ3) is 2.97. The van der Waals surface area contributed by atoms with Gasteiger partial charge in [-0.15, -0.1) is 0 Å².